The van der Waals surface area contributed by atoms with Gasteiger partial charge in [0.1, 0.15) is 11.3 Å². The molecule has 1 saturated carbocycles. The van der Waals surface area contributed by atoms with Crippen LogP contribution in [0.1, 0.15) is 102 Å². The number of carbonyl (C=O) groups excluding carboxylic acids is 1. The molecule has 6 rings (SSSR count). The van der Waals surface area contributed by atoms with Crippen LogP contribution in [0.25, 0.3) is 33.8 Å². The second-order valence-corrected chi connectivity index (χ2v) is 14.7. The molecule has 0 spiro atoms. The molecular formula is C35H40N4O6S. The molecule has 0 saturated heterocycles. The van der Waals surface area contributed by atoms with E-state index < -0.39 is 27.1 Å². The minimum atomic E-state index is -3.95. The lowest BCUT2D eigenvalue weighted by Crippen LogP contribution is -2.36. The first kappa shape index (κ1) is 31.6. The third-order valence-corrected chi connectivity index (χ3v) is 11.1. The molecule has 2 aromatic carbocycles. The Morgan fingerprint density at radius 3 is 2.48 bits per heavy atom. The number of carbonyl (C=O) groups is 2. The summed E-state index contributed by atoms with van der Waals surface area (Å²) in [6.07, 6.45) is 7.27. The standard InChI is InChI=1S/C35H40N4O6S/c1-6-39-32(29(35(41)42)21(4)36-39)24-16-23-17-25(45-5)18-27(34(40)37-46(43,44)20(2)3)31(23)33-30(22-12-8-7-9-13-22)26-14-10-11-15-28(26)38(33)19-24/h10-11,14-18,20,22H,6-9,12-13,19H2,1-5H3,(H,37,40)(H,41,42). The van der Waals surface area contributed by atoms with E-state index >= 15 is 0 Å². The van der Waals surface area contributed by atoms with Gasteiger partial charge in [0, 0.05) is 23.0 Å². The molecule has 4 aromatic rings. The van der Waals surface area contributed by atoms with Crippen LogP contribution in [0, 0.1) is 6.92 Å². The number of hydrogen-bond acceptors (Lipinski definition) is 6. The first-order valence-electron chi connectivity index (χ1n) is 15.9. The topological polar surface area (TPSA) is 133 Å². The highest BCUT2D eigenvalue weighted by molar-refractivity contribution is 7.90. The summed E-state index contributed by atoms with van der Waals surface area (Å²) in [5.41, 5.74) is 6.12. The number of carboxylic acid groups (broad SMARTS) is 1. The average molecular weight is 645 g/mol. The number of nitrogens with zero attached hydrogens (tertiary/aromatic N) is 3. The number of aromatic nitrogens is 3. The maximum atomic E-state index is 14.1. The van der Waals surface area contributed by atoms with Crippen LogP contribution < -0.4 is 9.46 Å². The monoisotopic (exact) mass is 644 g/mol. The summed E-state index contributed by atoms with van der Waals surface area (Å²) >= 11 is 0. The summed E-state index contributed by atoms with van der Waals surface area (Å²) < 4.78 is 37.8. The van der Waals surface area contributed by atoms with Gasteiger partial charge in [-0.2, -0.15) is 5.10 Å². The quantitative estimate of drug-likeness (QED) is 0.221. The number of carboxylic acids is 1. The van der Waals surface area contributed by atoms with Crippen molar-refractivity contribution < 1.29 is 27.9 Å². The number of para-hydroxylation sites is 1. The number of aryl methyl sites for hydroxylation is 2. The summed E-state index contributed by atoms with van der Waals surface area (Å²) in [5, 5.41) is 15.2. The fourth-order valence-electron chi connectivity index (χ4n) is 7.12. The van der Waals surface area contributed by atoms with Crippen molar-refractivity contribution in [3.05, 3.63) is 70.0 Å². The first-order chi connectivity index (χ1) is 22.0. The van der Waals surface area contributed by atoms with Crippen LogP contribution in [0.15, 0.2) is 36.4 Å². The molecule has 0 radical (unpaired) electrons. The number of rotatable bonds is 8. The smallest absolute Gasteiger partial charge is 0.339 e. The number of hydrogen-bond donors (Lipinski definition) is 2. The third-order valence-electron chi connectivity index (χ3n) is 9.34. The van der Waals surface area contributed by atoms with E-state index in [1.54, 1.807) is 17.7 Å². The van der Waals surface area contributed by atoms with Crippen molar-refractivity contribution in [2.24, 2.45) is 0 Å². The van der Waals surface area contributed by atoms with Gasteiger partial charge in [-0.1, -0.05) is 37.5 Å². The van der Waals surface area contributed by atoms with Crippen LogP contribution in [0.5, 0.6) is 5.75 Å². The number of aromatic carboxylic acids is 1. The molecule has 10 nitrogen and oxygen atoms in total. The number of benzene rings is 2. The average Bonchev–Trinajstić information content (AvgIpc) is 3.48. The minimum absolute atomic E-state index is 0.131. The highest BCUT2D eigenvalue weighted by Crippen LogP contribution is 2.49. The van der Waals surface area contributed by atoms with E-state index in [-0.39, 0.29) is 17.0 Å². The second-order valence-electron chi connectivity index (χ2n) is 12.5. The van der Waals surface area contributed by atoms with Crippen molar-refractivity contribution in [1.29, 1.82) is 0 Å². The van der Waals surface area contributed by atoms with Crippen molar-refractivity contribution in [2.75, 3.05) is 7.11 Å². The minimum Gasteiger partial charge on any atom is -0.497 e. The van der Waals surface area contributed by atoms with E-state index in [1.807, 2.05) is 31.2 Å². The normalized spacial score (nSPS) is 15.3. The zero-order valence-corrected chi connectivity index (χ0v) is 27.7. The van der Waals surface area contributed by atoms with Gasteiger partial charge in [-0.15, -0.1) is 0 Å². The van der Waals surface area contributed by atoms with E-state index in [9.17, 15) is 23.1 Å². The Morgan fingerprint density at radius 2 is 1.83 bits per heavy atom. The molecule has 11 heteroatoms. The van der Waals surface area contributed by atoms with Crippen LogP contribution in [-0.2, 0) is 23.1 Å². The van der Waals surface area contributed by atoms with Gasteiger partial charge in [0.2, 0.25) is 10.0 Å². The fourth-order valence-corrected chi connectivity index (χ4v) is 7.73. The van der Waals surface area contributed by atoms with Crippen LogP contribution >= 0.6 is 0 Å². The van der Waals surface area contributed by atoms with Crippen molar-refractivity contribution in [3.8, 4) is 17.0 Å². The SMILES string of the molecule is CCn1nc(C)c(C(=O)O)c1C1=Cc2cc(OC)cc(C(=O)NS(=O)(=O)C(C)C)c2-c2c(C3CCCCC3)c3ccccc3n2C1. The lowest BCUT2D eigenvalue weighted by molar-refractivity contribution is 0.0695. The van der Waals surface area contributed by atoms with Gasteiger partial charge in [0.05, 0.1) is 41.5 Å². The number of amides is 1. The van der Waals surface area contributed by atoms with Crippen LogP contribution in [0.2, 0.25) is 0 Å². The maximum absolute atomic E-state index is 14.1. The lowest BCUT2D eigenvalue weighted by atomic mass is 9.80. The molecule has 1 aliphatic heterocycles. The molecule has 1 aliphatic carbocycles. The molecule has 0 unspecified atom stereocenters. The Bertz CT molecular complexity index is 2010. The zero-order chi connectivity index (χ0) is 32.9. The number of fused-ring (bicyclic) bond motifs is 5. The summed E-state index contributed by atoms with van der Waals surface area (Å²) in [6, 6.07) is 11.6. The number of methoxy groups -OCH3 is 1. The zero-order valence-electron chi connectivity index (χ0n) is 26.9. The van der Waals surface area contributed by atoms with E-state index in [4.69, 9.17) is 4.74 Å². The maximum Gasteiger partial charge on any atom is 0.339 e. The largest absolute Gasteiger partial charge is 0.497 e. The van der Waals surface area contributed by atoms with Gasteiger partial charge < -0.3 is 14.4 Å². The molecule has 46 heavy (non-hydrogen) atoms. The molecule has 0 bridgehead atoms. The number of allylic oxidation sites excluding steroid dienone is 1. The van der Waals surface area contributed by atoms with Crippen molar-refractivity contribution in [3.63, 3.8) is 0 Å². The van der Waals surface area contributed by atoms with E-state index in [0.717, 1.165) is 47.8 Å². The van der Waals surface area contributed by atoms with Gasteiger partial charge in [-0.05, 0) is 87.4 Å². The second kappa shape index (κ2) is 12.1. The van der Waals surface area contributed by atoms with Crippen LogP contribution in [0.3, 0.4) is 0 Å². The van der Waals surface area contributed by atoms with Gasteiger partial charge in [-0.25, -0.2) is 17.9 Å². The Labute approximate surface area is 269 Å². The van der Waals surface area contributed by atoms with Crippen molar-refractivity contribution in [1.82, 2.24) is 19.1 Å². The van der Waals surface area contributed by atoms with E-state index in [0.29, 0.717) is 46.9 Å². The van der Waals surface area contributed by atoms with Crippen molar-refractivity contribution >= 4 is 44.5 Å². The molecule has 242 valence electrons. The van der Waals surface area contributed by atoms with Gasteiger partial charge in [0.15, 0.2) is 0 Å². The van der Waals surface area contributed by atoms with E-state index in [2.05, 4.69) is 26.5 Å². The van der Waals surface area contributed by atoms with E-state index in [1.165, 1.54) is 27.4 Å². The Kier molecular flexibility index (Phi) is 8.30. The predicted molar refractivity (Wildman–Crippen MR) is 179 cm³/mol. The van der Waals surface area contributed by atoms with Gasteiger partial charge >= 0.3 is 5.97 Å². The highest BCUT2D eigenvalue weighted by atomic mass is 32.2. The number of sulfonamides is 1. The molecular weight excluding hydrogens is 604 g/mol. The summed E-state index contributed by atoms with van der Waals surface area (Å²) in [4.78, 5) is 26.7. The predicted octanol–water partition coefficient (Wildman–Crippen LogP) is 6.61. The van der Waals surface area contributed by atoms with Gasteiger partial charge in [0.25, 0.3) is 5.91 Å². The number of nitrogens with one attached hydrogen (secondary N) is 1. The lowest BCUT2D eigenvalue weighted by Gasteiger charge is -2.25. The summed E-state index contributed by atoms with van der Waals surface area (Å²) in [7, 11) is -2.45. The molecule has 1 amide bonds. The Hall–Kier alpha value is -4.38. The van der Waals surface area contributed by atoms with Crippen LogP contribution in [-0.4, -0.2) is 52.1 Å². The molecule has 3 heterocycles. The fraction of sp³-hybridized carbons (Fsp3) is 0.400. The van der Waals surface area contributed by atoms with Crippen LogP contribution in [0.4, 0.5) is 0 Å². The summed E-state index contributed by atoms with van der Waals surface area (Å²) in [6.45, 7) is 7.44. The molecule has 2 N–H and O–H groups in total. The van der Waals surface area contributed by atoms with Gasteiger partial charge in [-0.3, -0.25) is 9.48 Å². The molecule has 2 aromatic heterocycles. The highest BCUT2D eigenvalue weighted by Gasteiger charge is 2.34. The Balaban J connectivity index is 1.75. The number of ether oxygens (including phenoxy) is 1. The third kappa shape index (κ3) is 5.30. The molecule has 1 fully saturated rings. The van der Waals surface area contributed by atoms with Crippen molar-refractivity contribution in [2.45, 2.75) is 84.1 Å². The molecule has 2 aliphatic rings. The summed E-state index contributed by atoms with van der Waals surface area (Å²) in [5.74, 6) is -1.20. The first-order valence-corrected chi connectivity index (χ1v) is 17.4. The Morgan fingerprint density at radius 1 is 1.11 bits per heavy atom. The molecule has 0 atom stereocenters.